The second kappa shape index (κ2) is 10.5. The van der Waals surface area contributed by atoms with Gasteiger partial charge in [-0.05, 0) is 12.1 Å². The van der Waals surface area contributed by atoms with Gasteiger partial charge in [0.15, 0.2) is 0 Å². The van der Waals surface area contributed by atoms with Crippen LogP contribution in [0, 0.1) is 0 Å². The molecular weight excluding hydrogens is 280 g/mol. The zero-order valence-electron chi connectivity index (χ0n) is 11.7. The highest BCUT2D eigenvalue weighted by atomic mass is 35.5. The highest BCUT2D eigenvalue weighted by Gasteiger charge is 2.03. The van der Waals surface area contributed by atoms with Gasteiger partial charge < -0.3 is 20.1 Å². The summed E-state index contributed by atoms with van der Waals surface area (Å²) in [7, 11) is 1.66. The number of carbonyl (C=O) groups excluding carboxylic acids is 1. The van der Waals surface area contributed by atoms with Crippen LogP contribution in [0.4, 0.5) is 0 Å². The Morgan fingerprint density at radius 2 is 2.00 bits per heavy atom. The molecular formula is C14H21ClN2O3. The average Bonchev–Trinajstić information content (AvgIpc) is 2.45. The Balaban J connectivity index is 2.04. The molecule has 0 atom stereocenters. The molecule has 1 aromatic carbocycles. The third kappa shape index (κ3) is 7.33. The fourth-order valence-electron chi connectivity index (χ4n) is 1.49. The van der Waals surface area contributed by atoms with Crippen LogP contribution >= 0.6 is 11.6 Å². The van der Waals surface area contributed by atoms with Crippen LogP contribution in [0.5, 0.6) is 5.75 Å². The quantitative estimate of drug-likeness (QED) is 0.642. The van der Waals surface area contributed by atoms with Crippen molar-refractivity contribution in [2.45, 2.75) is 6.42 Å². The Labute approximate surface area is 124 Å². The Morgan fingerprint density at radius 1 is 1.20 bits per heavy atom. The number of halogens is 1. The van der Waals surface area contributed by atoms with E-state index in [1.807, 2.05) is 12.1 Å². The van der Waals surface area contributed by atoms with E-state index < -0.39 is 0 Å². The summed E-state index contributed by atoms with van der Waals surface area (Å²) in [5, 5.41) is 6.50. The number of rotatable bonds is 10. The van der Waals surface area contributed by atoms with Crippen molar-refractivity contribution in [2.75, 3.05) is 40.0 Å². The summed E-state index contributed by atoms with van der Waals surface area (Å²) in [5.41, 5.74) is 0. The fourth-order valence-corrected chi connectivity index (χ4v) is 1.68. The summed E-state index contributed by atoms with van der Waals surface area (Å²) in [6, 6.07) is 7.20. The van der Waals surface area contributed by atoms with Crippen LogP contribution in [0.25, 0.3) is 0 Å². The lowest BCUT2D eigenvalue weighted by atomic mass is 10.3. The first-order valence-electron chi connectivity index (χ1n) is 6.57. The SMILES string of the molecule is COCCNCCNC(=O)CCOc1ccccc1Cl. The molecule has 0 saturated carbocycles. The van der Waals surface area contributed by atoms with Gasteiger partial charge in [0.2, 0.25) is 5.91 Å². The number of methoxy groups -OCH3 is 1. The van der Waals surface area contributed by atoms with Crippen LogP contribution in [0.3, 0.4) is 0 Å². The van der Waals surface area contributed by atoms with E-state index in [9.17, 15) is 4.79 Å². The minimum atomic E-state index is -0.0365. The first kappa shape index (κ1) is 16.8. The number of hydrogen-bond acceptors (Lipinski definition) is 4. The van der Waals surface area contributed by atoms with E-state index >= 15 is 0 Å². The first-order chi connectivity index (χ1) is 9.74. The maximum atomic E-state index is 11.5. The largest absolute Gasteiger partial charge is 0.491 e. The lowest BCUT2D eigenvalue weighted by molar-refractivity contribution is -0.121. The van der Waals surface area contributed by atoms with Crippen molar-refractivity contribution in [3.63, 3.8) is 0 Å². The molecule has 0 bridgehead atoms. The van der Waals surface area contributed by atoms with Gasteiger partial charge in [-0.15, -0.1) is 0 Å². The summed E-state index contributed by atoms with van der Waals surface area (Å²) in [5.74, 6) is 0.564. The molecule has 6 heteroatoms. The number of hydrogen-bond donors (Lipinski definition) is 2. The van der Waals surface area contributed by atoms with Crippen molar-refractivity contribution < 1.29 is 14.3 Å². The van der Waals surface area contributed by atoms with Gasteiger partial charge in [-0.3, -0.25) is 4.79 Å². The molecule has 1 amide bonds. The van der Waals surface area contributed by atoms with Gasteiger partial charge in [0.25, 0.3) is 0 Å². The molecule has 5 nitrogen and oxygen atoms in total. The molecule has 0 unspecified atom stereocenters. The number of nitrogens with one attached hydrogen (secondary N) is 2. The average molecular weight is 301 g/mol. The smallest absolute Gasteiger partial charge is 0.223 e. The Kier molecular flexibility index (Phi) is 8.78. The van der Waals surface area contributed by atoms with Crippen molar-refractivity contribution in [1.29, 1.82) is 0 Å². The maximum Gasteiger partial charge on any atom is 0.223 e. The van der Waals surface area contributed by atoms with E-state index in [1.54, 1.807) is 19.2 Å². The number of benzene rings is 1. The van der Waals surface area contributed by atoms with Crippen molar-refractivity contribution >= 4 is 17.5 Å². The number of ether oxygens (including phenoxy) is 2. The minimum absolute atomic E-state index is 0.0365. The molecule has 2 N–H and O–H groups in total. The first-order valence-corrected chi connectivity index (χ1v) is 6.95. The van der Waals surface area contributed by atoms with Gasteiger partial charge in [-0.25, -0.2) is 0 Å². The molecule has 0 spiro atoms. The summed E-state index contributed by atoms with van der Waals surface area (Å²) in [6.45, 7) is 3.07. The third-order valence-corrected chi connectivity index (χ3v) is 2.84. The molecule has 0 aromatic heterocycles. The van der Waals surface area contributed by atoms with E-state index in [1.165, 1.54) is 0 Å². The lowest BCUT2D eigenvalue weighted by Crippen LogP contribution is -2.33. The molecule has 0 aliphatic rings. The summed E-state index contributed by atoms with van der Waals surface area (Å²) < 4.78 is 10.3. The van der Waals surface area contributed by atoms with Crippen molar-refractivity contribution in [3.05, 3.63) is 29.3 Å². The summed E-state index contributed by atoms with van der Waals surface area (Å²) in [6.07, 6.45) is 0.309. The molecule has 0 radical (unpaired) electrons. The van der Waals surface area contributed by atoms with Crippen LogP contribution in [0.2, 0.25) is 5.02 Å². The van der Waals surface area contributed by atoms with Gasteiger partial charge in [0.1, 0.15) is 5.75 Å². The van der Waals surface area contributed by atoms with Gasteiger partial charge in [-0.2, -0.15) is 0 Å². The highest BCUT2D eigenvalue weighted by molar-refractivity contribution is 6.32. The zero-order valence-corrected chi connectivity index (χ0v) is 12.4. The van der Waals surface area contributed by atoms with Gasteiger partial charge in [0, 0.05) is 26.7 Å². The van der Waals surface area contributed by atoms with E-state index in [0.29, 0.717) is 37.0 Å². The highest BCUT2D eigenvalue weighted by Crippen LogP contribution is 2.22. The van der Waals surface area contributed by atoms with Gasteiger partial charge >= 0.3 is 0 Å². The lowest BCUT2D eigenvalue weighted by Gasteiger charge is -2.08. The van der Waals surface area contributed by atoms with Crippen molar-refractivity contribution in [3.8, 4) is 5.75 Å². The van der Waals surface area contributed by atoms with E-state index in [-0.39, 0.29) is 5.91 Å². The standard InChI is InChI=1S/C14H21ClN2O3/c1-19-11-9-16-7-8-17-14(18)6-10-20-13-5-3-2-4-12(13)15/h2-5,16H,6-11H2,1H3,(H,17,18). The molecule has 0 aliphatic carbocycles. The predicted octanol–water partition coefficient (Wildman–Crippen LogP) is 1.46. The number of carbonyl (C=O) groups is 1. The molecule has 1 aromatic rings. The molecule has 0 fully saturated rings. The van der Waals surface area contributed by atoms with Crippen molar-refractivity contribution in [1.82, 2.24) is 10.6 Å². The fraction of sp³-hybridized carbons (Fsp3) is 0.500. The Morgan fingerprint density at radius 3 is 2.75 bits per heavy atom. The Hall–Kier alpha value is -1.30. The summed E-state index contributed by atoms with van der Waals surface area (Å²) in [4.78, 5) is 11.5. The van der Waals surface area contributed by atoms with Crippen LogP contribution in [-0.4, -0.2) is 45.9 Å². The molecule has 0 aliphatic heterocycles. The van der Waals surface area contributed by atoms with Crippen LogP contribution < -0.4 is 15.4 Å². The molecule has 1 rings (SSSR count). The van der Waals surface area contributed by atoms with Crippen LogP contribution in [0.1, 0.15) is 6.42 Å². The van der Waals surface area contributed by atoms with Gasteiger partial charge in [0.05, 0.1) is 24.7 Å². The minimum Gasteiger partial charge on any atom is -0.491 e. The monoisotopic (exact) mass is 300 g/mol. The van der Waals surface area contributed by atoms with E-state index in [2.05, 4.69) is 10.6 Å². The van der Waals surface area contributed by atoms with Crippen molar-refractivity contribution in [2.24, 2.45) is 0 Å². The topological polar surface area (TPSA) is 59.6 Å². The van der Waals surface area contributed by atoms with Crippen LogP contribution in [0.15, 0.2) is 24.3 Å². The Bertz CT molecular complexity index is 402. The van der Waals surface area contributed by atoms with E-state index in [0.717, 1.165) is 13.1 Å². The third-order valence-electron chi connectivity index (χ3n) is 2.53. The second-order valence-corrected chi connectivity index (χ2v) is 4.53. The van der Waals surface area contributed by atoms with Gasteiger partial charge in [-0.1, -0.05) is 23.7 Å². The molecule has 20 heavy (non-hydrogen) atoms. The zero-order chi connectivity index (χ0) is 14.6. The molecule has 112 valence electrons. The normalized spacial score (nSPS) is 10.3. The second-order valence-electron chi connectivity index (χ2n) is 4.12. The maximum absolute atomic E-state index is 11.5. The predicted molar refractivity (Wildman–Crippen MR) is 79.3 cm³/mol. The molecule has 0 heterocycles. The number of para-hydroxylation sites is 1. The van der Waals surface area contributed by atoms with Crippen LogP contribution in [-0.2, 0) is 9.53 Å². The van der Waals surface area contributed by atoms with E-state index in [4.69, 9.17) is 21.1 Å². The number of amides is 1. The molecule has 0 saturated heterocycles. The summed E-state index contributed by atoms with van der Waals surface area (Å²) >= 11 is 5.94.